The maximum Gasteiger partial charge on any atom is 0.288 e. The molecule has 1 fully saturated rings. The zero-order chi connectivity index (χ0) is 12.6. The molecule has 1 aliphatic rings. The third kappa shape index (κ3) is 2.25. The molecule has 0 bridgehead atoms. The molecule has 0 radical (unpaired) electrons. The Balaban J connectivity index is 2.17. The molecule has 0 amide bonds. The molecule has 0 saturated carbocycles. The van der Waals surface area contributed by atoms with Gasteiger partial charge in [0.25, 0.3) is 5.69 Å². The normalized spacial score (nSPS) is 17.7. The van der Waals surface area contributed by atoms with Crippen LogP contribution in [-0.4, -0.2) is 33.7 Å². The van der Waals surface area contributed by atoms with Gasteiger partial charge in [0.05, 0.1) is 15.0 Å². The van der Waals surface area contributed by atoms with E-state index in [2.05, 4.69) is 20.9 Å². The van der Waals surface area contributed by atoms with Gasteiger partial charge in [-0.1, -0.05) is 6.92 Å². The van der Waals surface area contributed by atoms with E-state index in [0.29, 0.717) is 29.8 Å². The maximum atomic E-state index is 10.6. The first-order valence-electron chi connectivity index (χ1n) is 5.22. The number of halogens is 1. The molecule has 6 nitrogen and oxygen atoms in total. The Labute approximate surface area is 107 Å². The van der Waals surface area contributed by atoms with Crippen molar-refractivity contribution < 1.29 is 10.0 Å². The van der Waals surface area contributed by atoms with Crippen LogP contribution in [0.4, 0.5) is 11.5 Å². The van der Waals surface area contributed by atoms with Crippen molar-refractivity contribution in [2.24, 2.45) is 0 Å². The highest BCUT2D eigenvalue weighted by molar-refractivity contribution is 9.10. The molecule has 1 aromatic heterocycles. The first-order valence-corrected chi connectivity index (χ1v) is 6.02. The molecule has 0 aromatic carbocycles. The minimum absolute atomic E-state index is 0.0492. The summed E-state index contributed by atoms with van der Waals surface area (Å²) in [6.45, 7) is 2.94. The standard InChI is InChI=1S/C10H12BrN3O3/c1-2-10(15)5-13(6-10)9-8(11)3-7(4-12-9)14(16)17/h3-4,15H,2,5-6H2,1H3. The van der Waals surface area contributed by atoms with E-state index in [9.17, 15) is 15.2 Å². The van der Waals surface area contributed by atoms with Crippen LogP contribution in [0.3, 0.4) is 0 Å². The molecule has 0 aliphatic carbocycles. The molecule has 92 valence electrons. The minimum atomic E-state index is -0.650. The van der Waals surface area contributed by atoms with Gasteiger partial charge in [-0.25, -0.2) is 4.98 Å². The van der Waals surface area contributed by atoms with Gasteiger partial charge >= 0.3 is 0 Å². The number of nitrogens with zero attached hydrogens (tertiary/aromatic N) is 3. The zero-order valence-electron chi connectivity index (χ0n) is 9.26. The zero-order valence-corrected chi connectivity index (χ0v) is 10.8. The van der Waals surface area contributed by atoms with Crippen molar-refractivity contribution in [2.45, 2.75) is 18.9 Å². The average molecular weight is 302 g/mol. The second kappa shape index (κ2) is 4.23. The van der Waals surface area contributed by atoms with Gasteiger partial charge in [0.2, 0.25) is 0 Å². The Kier molecular flexibility index (Phi) is 3.05. The summed E-state index contributed by atoms with van der Waals surface area (Å²) in [4.78, 5) is 16.0. The monoisotopic (exact) mass is 301 g/mol. The van der Waals surface area contributed by atoms with Crippen molar-refractivity contribution in [2.75, 3.05) is 18.0 Å². The molecule has 7 heteroatoms. The van der Waals surface area contributed by atoms with Crippen molar-refractivity contribution in [3.63, 3.8) is 0 Å². The summed E-state index contributed by atoms with van der Waals surface area (Å²) in [5.74, 6) is 0.633. The number of β-amino-alcohol motifs (C(OH)–C–C–N with tert-alkyl or cyclic N) is 1. The molecule has 0 atom stereocenters. The lowest BCUT2D eigenvalue weighted by atomic mass is 9.91. The minimum Gasteiger partial charge on any atom is -0.386 e. The van der Waals surface area contributed by atoms with Crippen LogP contribution in [0.5, 0.6) is 0 Å². The summed E-state index contributed by atoms with van der Waals surface area (Å²) >= 11 is 3.26. The Morgan fingerprint density at radius 1 is 1.71 bits per heavy atom. The van der Waals surface area contributed by atoms with Crippen LogP contribution in [-0.2, 0) is 0 Å². The molecule has 0 unspecified atom stereocenters. The molecule has 2 rings (SSSR count). The van der Waals surface area contributed by atoms with E-state index in [1.807, 2.05) is 11.8 Å². The van der Waals surface area contributed by atoms with Crippen LogP contribution in [0.1, 0.15) is 13.3 Å². The third-order valence-corrected chi connectivity index (χ3v) is 3.53. The van der Waals surface area contributed by atoms with Crippen molar-refractivity contribution in [3.05, 3.63) is 26.9 Å². The summed E-state index contributed by atoms with van der Waals surface area (Å²) < 4.78 is 0.574. The van der Waals surface area contributed by atoms with E-state index in [-0.39, 0.29) is 5.69 Å². The number of aromatic nitrogens is 1. The van der Waals surface area contributed by atoms with Crippen molar-refractivity contribution in [3.8, 4) is 0 Å². The summed E-state index contributed by atoms with van der Waals surface area (Å²) in [5.41, 5.74) is -0.699. The number of rotatable bonds is 3. The highest BCUT2D eigenvalue weighted by atomic mass is 79.9. The molecule has 1 aromatic rings. The van der Waals surface area contributed by atoms with Crippen molar-refractivity contribution in [1.82, 2.24) is 4.98 Å². The smallest absolute Gasteiger partial charge is 0.288 e. The number of pyridine rings is 1. The van der Waals surface area contributed by atoms with E-state index in [1.54, 1.807) is 0 Å². The van der Waals surface area contributed by atoms with E-state index >= 15 is 0 Å². The van der Waals surface area contributed by atoms with Gasteiger partial charge in [-0.05, 0) is 22.4 Å². The molecule has 0 spiro atoms. The van der Waals surface area contributed by atoms with Crippen LogP contribution >= 0.6 is 15.9 Å². The van der Waals surface area contributed by atoms with E-state index in [0.717, 1.165) is 0 Å². The van der Waals surface area contributed by atoms with E-state index in [1.165, 1.54) is 12.3 Å². The average Bonchev–Trinajstić information content (AvgIpc) is 2.25. The van der Waals surface area contributed by atoms with Gasteiger partial charge in [-0.3, -0.25) is 10.1 Å². The van der Waals surface area contributed by atoms with Gasteiger partial charge in [0.1, 0.15) is 12.0 Å². The van der Waals surface area contributed by atoms with E-state index < -0.39 is 10.5 Å². The molecule has 1 N–H and O–H groups in total. The molecular formula is C10H12BrN3O3. The Hall–Kier alpha value is -1.21. The summed E-state index contributed by atoms with van der Waals surface area (Å²) in [6, 6.07) is 1.42. The number of nitro groups is 1. The lowest BCUT2D eigenvalue weighted by molar-refractivity contribution is -0.385. The highest BCUT2D eigenvalue weighted by Gasteiger charge is 2.40. The second-order valence-electron chi connectivity index (χ2n) is 4.19. The quantitative estimate of drug-likeness (QED) is 0.679. The van der Waals surface area contributed by atoms with E-state index in [4.69, 9.17) is 0 Å². The fraction of sp³-hybridized carbons (Fsp3) is 0.500. The van der Waals surface area contributed by atoms with Gasteiger partial charge < -0.3 is 10.0 Å². The molecule has 1 saturated heterocycles. The lowest BCUT2D eigenvalue weighted by Gasteiger charge is -2.47. The van der Waals surface area contributed by atoms with Gasteiger partial charge in [-0.2, -0.15) is 0 Å². The highest BCUT2D eigenvalue weighted by Crippen LogP contribution is 2.34. The second-order valence-corrected chi connectivity index (χ2v) is 5.04. The molecule has 1 aliphatic heterocycles. The molecule has 17 heavy (non-hydrogen) atoms. The summed E-state index contributed by atoms with van der Waals surface area (Å²) in [7, 11) is 0. The van der Waals surface area contributed by atoms with Crippen LogP contribution in [0.25, 0.3) is 0 Å². The van der Waals surface area contributed by atoms with Crippen molar-refractivity contribution in [1.29, 1.82) is 0 Å². The van der Waals surface area contributed by atoms with Gasteiger partial charge in [0, 0.05) is 19.2 Å². The summed E-state index contributed by atoms with van der Waals surface area (Å²) in [6.07, 6.45) is 1.91. The van der Waals surface area contributed by atoms with Gasteiger partial charge in [-0.15, -0.1) is 0 Å². The number of hydrogen-bond acceptors (Lipinski definition) is 5. The van der Waals surface area contributed by atoms with Gasteiger partial charge in [0.15, 0.2) is 0 Å². The predicted molar refractivity (Wildman–Crippen MR) is 66.0 cm³/mol. The topological polar surface area (TPSA) is 79.5 Å². The Morgan fingerprint density at radius 3 is 2.82 bits per heavy atom. The third-order valence-electron chi connectivity index (χ3n) is 2.95. The summed E-state index contributed by atoms with van der Waals surface area (Å²) in [5, 5.41) is 20.4. The fourth-order valence-corrected chi connectivity index (χ4v) is 2.38. The first kappa shape index (κ1) is 12.3. The predicted octanol–water partition coefficient (Wildman–Crippen LogP) is 1.71. The molecule has 2 heterocycles. The Morgan fingerprint density at radius 2 is 2.35 bits per heavy atom. The maximum absolute atomic E-state index is 10.6. The number of anilines is 1. The van der Waals surface area contributed by atoms with Crippen LogP contribution < -0.4 is 4.90 Å². The van der Waals surface area contributed by atoms with Crippen LogP contribution in [0, 0.1) is 10.1 Å². The largest absolute Gasteiger partial charge is 0.386 e. The SMILES string of the molecule is CCC1(O)CN(c2ncc([N+](=O)[O-])cc2Br)C1. The lowest BCUT2D eigenvalue weighted by Crippen LogP contribution is -2.62. The first-order chi connectivity index (χ1) is 7.95. The van der Waals surface area contributed by atoms with Crippen LogP contribution in [0.2, 0.25) is 0 Å². The van der Waals surface area contributed by atoms with Crippen molar-refractivity contribution >= 4 is 27.4 Å². The molecular weight excluding hydrogens is 290 g/mol. The number of hydrogen-bond donors (Lipinski definition) is 1. The fourth-order valence-electron chi connectivity index (χ4n) is 1.79. The number of aliphatic hydroxyl groups is 1. The van der Waals surface area contributed by atoms with Crippen LogP contribution in [0.15, 0.2) is 16.7 Å². The Bertz CT molecular complexity index is 460.